The topological polar surface area (TPSA) is 63.6 Å². The summed E-state index contributed by atoms with van der Waals surface area (Å²) in [6.07, 6.45) is -3.23. The number of aromatic nitrogens is 1. The molecule has 2 heterocycles. The Balaban J connectivity index is 1.66. The van der Waals surface area contributed by atoms with Crippen molar-refractivity contribution in [3.63, 3.8) is 0 Å². The lowest BCUT2D eigenvalue weighted by atomic mass is 10.0. The fraction of sp³-hybridized carbons (Fsp3) is 0.583. The zero-order valence-electron chi connectivity index (χ0n) is 19.7. The number of nitrogens with zero attached hydrogens (tertiary/aromatic N) is 2. The van der Waals surface area contributed by atoms with Crippen LogP contribution in [0.2, 0.25) is 0 Å². The number of alkyl halides is 3. The second-order valence-corrected chi connectivity index (χ2v) is 10.2. The van der Waals surface area contributed by atoms with Crippen molar-refractivity contribution < 1.29 is 27.1 Å². The van der Waals surface area contributed by atoms with Gasteiger partial charge in [0.15, 0.2) is 0 Å². The van der Waals surface area contributed by atoms with E-state index in [1.807, 2.05) is 0 Å². The number of alkyl carbamates (subject to hydrolysis) is 1. The highest BCUT2D eigenvalue weighted by Gasteiger charge is 2.38. The summed E-state index contributed by atoms with van der Waals surface area (Å²) in [5.41, 5.74) is -1.77. The average molecular weight is 484 g/mol. The molecule has 1 amide bonds. The van der Waals surface area contributed by atoms with Crippen LogP contribution in [0.15, 0.2) is 16.9 Å². The lowest BCUT2D eigenvalue weighted by molar-refractivity contribution is -0.136. The third kappa shape index (κ3) is 4.86. The summed E-state index contributed by atoms with van der Waals surface area (Å²) in [4.78, 5) is 26.4. The molecular formula is C24H29F4N3O3. The number of ether oxygens (including phenoxy) is 1. The SMILES string of the molecule is Cc1c(N2CCC(CNC(=O)OC(C)(C)C)C2)c(F)cc2c(C(F)(F)F)cc(=O)n(C3CC3)c12. The summed E-state index contributed by atoms with van der Waals surface area (Å²) in [7, 11) is 0. The van der Waals surface area contributed by atoms with Crippen molar-refractivity contribution in [1.29, 1.82) is 0 Å². The van der Waals surface area contributed by atoms with Crippen LogP contribution >= 0.6 is 0 Å². The molecule has 1 aromatic heterocycles. The summed E-state index contributed by atoms with van der Waals surface area (Å²) >= 11 is 0. The molecule has 2 fully saturated rings. The van der Waals surface area contributed by atoms with Crippen molar-refractivity contribution in [1.82, 2.24) is 9.88 Å². The van der Waals surface area contributed by atoms with Crippen molar-refractivity contribution in [3.05, 3.63) is 39.4 Å². The van der Waals surface area contributed by atoms with Gasteiger partial charge in [-0.3, -0.25) is 4.79 Å². The van der Waals surface area contributed by atoms with E-state index in [4.69, 9.17) is 4.74 Å². The largest absolute Gasteiger partial charge is 0.444 e. The molecule has 1 aliphatic carbocycles. The summed E-state index contributed by atoms with van der Waals surface area (Å²) in [6.45, 7) is 8.11. The fourth-order valence-corrected chi connectivity index (χ4v) is 4.72. The van der Waals surface area contributed by atoms with E-state index in [2.05, 4.69) is 5.32 Å². The number of carbonyl (C=O) groups is 1. The Morgan fingerprint density at radius 2 is 1.85 bits per heavy atom. The van der Waals surface area contributed by atoms with E-state index in [0.29, 0.717) is 50.5 Å². The predicted molar refractivity (Wildman–Crippen MR) is 121 cm³/mol. The Hall–Kier alpha value is -2.78. The first-order valence-electron chi connectivity index (χ1n) is 11.4. The van der Waals surface area contributed by atoms with Gasteiger partial charge >= 0.3 is 12.3 Å². The second kappa shape index (κ2) is 8.46. The Kier molecular flexibility index (Phi) is 6.06. The number of carbonyl (C=O) groups excluding carboxylic acids is 1. The van der Waals surface area contributed by atoms with E-state index in [-0.39, 0.29) is 28.6 Å². The summed E-state index contributed by atoms with van der Waals surface area (Å²) in [5.74, 6) is -0.730. The monoisotopic (exact) mass is 483 g/mol. The van der Waals surface area contributed by atoms with Crippen LogP contribution in [0, 0.1) is 18.7 Å². The summed E-state index contributed by atoms with van der Waals surface area (Å²) in [6, 6.07) is 1.32. The molecule has 0 bridgehead atoms. The lowest BCUT2D eigenvalue weighted by Gasteiger charge is -2.25. The number of nitrogens with one attached hydrogen (secondary N) is 1. The maximum absolute atomic E-state index is 15.3. The van der Waals surface area contributed by atoms with Gasteiger partial charge in [0.1, 0.15) is 11.4 Å². The minimum absolute atomic E-state index is 0.0224. The average Bonchev–Trinajstić information content (AvgIpc) is 3.42. The number of benzene rings is 1. The van der Waals surface area contributed by atoms with Gasteiger partial charge in [0.2, 0.25) is 0 Å². The molecule has 6 nitrogen and oxygen atoms in total. The third-order valence-corrected chi connectivity index (χ3v) is 6.25. The van der Waals surface area contributed by atoms with Gasteiger partial charge in [-0.05, 0) is 64.5 Å². The van der Waals surface area contributed by atoms with E-state index in [1.165, 1.54) is 4.57 Å². The molecule has 1 saturated carbocycles. The maximum Gasteiger partial charge on any atom is 0.417 e. The van der Waals surface area contributed by atoms with Crippen LogP contribution in [0.25, 0.3) is 10.9 Å². The van der Waals surface area contributed by atoms with E-state index < -0.39 is 34.8 Å². The van der Waals surface area contributed by atoms with Crippen LogP contribution in [-0.4, -0.2) is 35.9 Å². The first kappa shape index (κ1) is 24.3. The Morgan fingerprint density at radius 1 is 1.18 bits per heavy atom. The minimum Gasteiger partial charge on any atom is -0.444 e. The quantitative estimate of drug-likeness (QED) is 0.611. The number of hydrogen-bond acceptors (Lipinski definition) is 4. The number of amides is 1. The molecule has 34 heavy (non-hydrogen) atoms. The van der Waals surface area contributed by atoms with Gasteiger partial charge in [0.05, 0.1) is 16.8 Å². The first-order valence-corrected chi connectivity index (χ1v) is 11.4. The highest BCUT2D eigenvalue weighted by atomic mass is 19.4. The molecule has 4 rings (SSSR count). The number of fused-ring (bicyclic) bond motifs is 1. The van der Waals surface area contributed by atoms with Gasteiger partial charge in [-0.1, -0.05) is 0 Å². The zero-order valence-corrected chi connectivity index (χ0v) is 19.7. The van der Waals surface area contributed by atoms with Gasteiger partial charge in [-0.25, -0.2) is 9.18 Å². The van der Waals surface area contributed by atoms with Crippen LogP contribution in [-0.2, 0) is 10.9 Å². The van der Waals surface area contributed by atoms with Crippen molar-refractivity contribution in [2.24, 2.45) is 5.92 Å². The van der Waals surface area contributed by atoms with Crippen LogP contribution in [0.4, 0.5) is 28.0 Å². The molecule has 2 aromatic rings. The van der Waals surface area contributed by atoms with Crippen LogP contribution < -0.4 is 15.8 Å². The fourth-order valence-electron chi connectivity index (χ4n) is 4.72. The van der Waals surface area contributed by atoms with Crippen LogP contribution in [0.3, 0.4) is 0 Å². The van der Waals surface area contributed by atoms with E-state index in [1.54, 1.807) is 32.6 Å². The Bertz CT molecular complexity index is 1180. The maximum atomic E-state index is 15.3. The highest BCUT2D eigenvalue weighted by molar-refractivity contribution is 5.91. The van der Waals surface area contributed by atoms with Gasteiger partial charge in [0.25, 0.3) is 5.56 Å². The molecule has 1 aromatic carbocycles. The van der Waals surface area contributed by atoms with Gasteiger partial charge in [0, 0.05) is 37.1 Å². The van der Waals surface area contributed by atoms with Crippen molar-refractivity contribution in [3.8, 4) is 0 Å². The molecule has 1 atom stereocenters. The number of pyridine rings is 1. The number of anilines is 1. The Morgan fingerprint density at radius 3 is 2.44 bits per heavy atom. The minimum atomic E-state index is -4.77. The molecule has 0 spiro atoms. The molecule has 1 unspecified atom stereocenters. The molecular weight excluding hydrogens is 454 g/mol. The molecule has 1 aliphatic heterocycles. The smallest absolute Gasteiger partial charge is 0.417 e. The van der Waals surface area contributed by atoms with Crippen LogP contribution in [0.5, 0.6) is 0 Å². The van der Waals surface area contributed by atoms with Crippen molar-refractivity contribution >= 4 is 22.7 Å². The zero-order chi connectivity index (χ0) is 25.0. The second-order valence-electron chi connectivity index (χ2n) is 10.2. The normalized spacial score (nSPS) is 19.1. The predicted octanol–water partition coefficient (Wildman–Crippen LogP) is 5.15. The number of hydrogen-bond donors (Lipinski definition) is 1. The van der Waals surface area contributed by atoms with E-state index in [0.717, 1.165) is 6.07 Å². The lowest BCUT2D eigenvalue weighted by Crippen LogP contribution is -2.36. The van der Waals surface area contributed by atoms with Crippen LogP contribution in [0.1, 0.15) is 57.2 Å². The summed E-state index contributed by atoms with van der Waals surface area (Å²) in [5, 5.41) is 2.43. The van der Waals surface area contributed by atoms with Crippen molar-refractivity contribution in [2.75, 3.05) is 24.5 Å². The number of rotatable bonds is 4. The molecule has 1 N–H and O–H groups in total. The highest BCUT2D eigenvalue weighted by Crippen LogP contribution is 2.43. The molecule has 2 aliphatic rings. The van der Waals surface area contributed by atoms with Crippen molar-refractivity contribution in [2.45, 2.75) is 64.8 Å². The number of aryl methyl sites for hydroxylation is 1. The first-order chi connectivity index (χ1) is 15.8. The van der Waals surface area contributed by atoms with E-state index in [9.17, 15) is 22.8 Å². The Labute approximate surface area is 194 Å². The van der Waals surface area contributed by atoms with Gasteiger partial charge < -0.3 is 19.5 Å². The van der Waals surface area contributed by atoms with Gasteiger partial charge in [-0.15, -0.1) is 0 Å². The molecule has 10 heteroatoms. The number of halogens is 4. The molecule has 0 radical (unpaired) electrons. The summed E-state index contributed by atoms with van der Waals surface area (Å²) < 4.78 is 63.0. The molecule has 1 saturated heterocycles. The van der Waals surface area contributed by atoms with E-state index >= 15 is 4.39 Å². The van der Waals surface area contributed by atoms with Gasteiger partial charge in [-0.2, -0.15) is 13.2 Å². The molecule has 186 valence electrons. The third-order valence-electron chi connectivity index (χ3n) is 6.25. The standard InChI is InChI=1S/C24H29F4N3O3/c1-13-20-16(17(24(26,27)28)10-19(32)31(20)15-5-6-15)9-18(25)21(13)30-8-7-14(12-30)11-29-22(33)34-23(2,3)4/h9-10,14-15H,5-8,11-12H2,1-4H3,(H,29,33).